The highest BCUT2D eigenvalue weighted by Crippen LogP contribution is 2.20. The van der Waals surface area contributed by atoms with Gasteiger partial charge in [-0.1, -0.05) is 12.1 Å². The first-order valence-electron chi connectivity index (χ1n) is 10.0. The molecular weight excluding hydrogens is 414 g/mol. The minimum atomic E-state index is -1.31. The Kier molecular flexibility index (Phi) is 9.11. The van der Waals surface area contributed by atoms with E-state index in [2.05, 4.69) is 0 Å². The molecule has 1 unspecified atom stereocenters. The third-order valence-corrected chi connectivity index (χ3v) is 4.41. The highest BCUT2D eigenvalue weighted by atomic mass is 16.6. The van der Waals surface area contributed by atoms with E-state index in [1.165, 1.54) is 48.5 Å². The van der Waals surface area contributed by atoms with Crippen molar-refractivity contribution in [2.75, 3.05) is 19.8 Å². The highest BCUT2D eigenvalue weighted by Gasteiger charge is 2.31. The minimum absolute atomic E-state index is 0.0661. The molecule has 8 nitrogen and oxygen atoms in total. The van der Waals surface area contributed by atoms with E-state index in [4.69, 9.17) is 19.5 Å². The molecular formula is C24H23NO7. The number of hydrogen-bond acceptors (Lipinski definition) is 8. The van der Waals surface area contributed by atoms with Crippen molar-refractivity contribution in [1.29, 1.82) is 5.26 Å². The van der Waals surface area contributed by atoms with Crippen LogP contribution in [0.5, 0.6) is 5.75 Å². The van der Waals surface area contributed by atoms with Crippen LogP contribution in [0.2, 0.25) is 0 Å². The van der Waals surface area contributed by atoms with Gasteiger partial charge < -0.3 is 14.2 Å². The van der Waals surface area contributed by atoms with E-state index in [0.29, 0.717) is 11.3 Å². The van der Waals surface area contributed by atoms with Gasteiger partial charge in [0.25, 0.3) is 0 Å². The molecule has 0 bridgehead atoms. The van der Waals surface area contributed by atoms with Crippen molar-refractivity contribution < 1.29 is 33.4 Å². The number of ketones is 2. The summed E-state index contributed by atoms with van der Waals surface area (Å²) in [5, 5.41) is 8.90. The Labute approximate surface area is 185 Å². The molecule has 0 radical (unpaired) electrons. The standard InChI is InChI=1S/C24H23NO7/c1-3-30-22(27)15-32-19-11-9-17(10-12-19)21(26)13-20(24(29)31-4-2)23(28)18-7-5-16(14-25)6-8-18/h5-12,20H,3-4,13,15H2,1-2H3. The molecule has 0 saturated carbocycles. The smallest absolute Gasteiger partial charge is 0.344 e. The van der Waals surface area contributed by atoms with Gasteiger partial charge in [-0.25, -0.2) is 4.79 Å². The number of Topliss-reactive ketones (excluding diaryl/α,β-unsaturated/α-hetero) is 2. The second kappa shape index (κ2) is 12.0. The van der Waals surface area contributed by atoms with Gasteiger partial charge in [0.2, 0.25) is 0 Å². The molecule has 2 rings (SSSR count). The maximum absolute atomic E-state index is 12.9. The lowest BCUT2D eigenvalue weighted by Crippen LogP contribution is -2.29. The van der Waals surface area contributed by atoms with Crippen molar-refractivity contribution in [1.82, 2.24) is 0 Å². The van der Waals surface area contributed by atoms with Gasteiger partial charge in [0.05, 0.1) is 24.8 Å². The average molecular weight is 437 g/mol. The first-order chi connectivity index (χ1) is 15.4. The van der Waals surface area contributed by atoms with Crippen LogP contribution in [0.1, 0.15) is 46.5 Å². The molecule has 2 aromatic carbocycles. The highest BCUT2D eigenvalue weighted by molar-refractivity contribution is 6.12. The SMILES string of the molecule is CCOC(=O)COc1ccc(C(=O)CC(C(=O)OCC)C(=O)c2ccc(C#N)cc2)cc1. The lowest BCUT2D eigenvalue weighted by atomic mass is 9.90. The summed E-state index contributed by atoms with van der Waals surface area (Å²) in [6.45, 7) is 3.35. The summed E-state index contributed by atoms with van der Waals surface area (Å²) in [6.07, 6.45) is -0.374. The quantitative estimate of drug-likeness (QED) is 0.299. The molecule has 0 aliphatic carbocycles. The number of ether oxygens (including phenoxy) is 3. The number of nitriles is 1. The van der Waals surface area contributed by atoms with Gasteiger partial charge in [-0.2, -0.15) is 5.26 Å². The van der Waals surface area contributed by atoms with Crippen LogP contribution in [0.4, 0.5) is 0 Å². The number of benzene rings is 2. The predicted molar refractivity (Wildman–Crippen MR) is 113 cm³/mol. The Morgan fingerprint density at radius 3 is 2.03 bits per heavy atom. The molecule has 0 heterocycles. The minimum Gasteiger partial charge on any atom is -0.482 e. The van der Waals surface area contributed by atoms with E-state index in [9.17, 15) is 19.2 Å². The van der Waals surface area contributed by atoms with Crippen molar-refractivity contribution in [3.63, 3.8) is 0 Å². The summed E-state index contributed by atoms with van der Waals surface area (Å²) < 4.78 is 15.1. The second-order valence-electron chi connectivity index (χ2n) is 6.60. The van der Waals surface area contributed by atoms with Gasteiger partial charge in [-0.05, 0) is 50.2 Å². The van der Waals surface area contributed by atoms with Crippen LogP contribution in [0.25, 0.3) is 0 Å². The predicted octanol–water partition coefficient (Wildman–Crippen LogP) is 3.14. The molecule has 8 heteroatoms. The molecule has 1 atom stereocenters. The molecule has 0 fully saturated rings. The first kappa shape index (κ1) is 24.3. The van der Waals surface area contributed by atoms with Crippen molar-refractivity contribution in [3.8, 4) is 11.8 Å². The van der Waals surface area contributed by atoms with Crippen molar-refractivity contribution in [3.05, 3.63) is 65.2 Å². The van der Waals surface area contributed by atoms with E-state index in [-0.39, 0.29) is 37.4 Å². The number of carbonyl (C=O) groups excluding carboxylic acids is 4. The Balaban J connectivity index is 2.12. The number of rotatable bonds is 11. The first-order valence-corrected chi connectivity index (χ1v) is 10.0. The van der Waals surface area contributed by atoms with Crippen LogP contribution >= 0.6 is 0 Å². The van der Waals surface area contributed by atoms with Gasteiger partial charge in [-0.3, -0.25) is 14.4 Å². The largest absolute Gasteiger partial charge is 0.482 e. The summed E-state index contributed by atoms with van der Waals surface area (Å²) in [5.74, 6) is -3.23. The summed E-state index contributed by atoms with van der Waals surface area (Å²) in [5.41, 5.74) is 0.851. The molecule has 32 heavy (non-hydrogen) atoms. The Hall–Kier alpha value is -3.99. The van der Waals surface area contributed by atoms with Crippen molar-refractivity contribution in [2.45, 2.75) is 20.3 Å². The van der Waals surface area contributed by atoms with Crippen molar-refractivity contribution in [2.24, 2.45) is 5.92 Å². The maximum Gasteiger partial charge on any atom is 0.344 e. The van der Waals surface area contributed by atoms with E-state index < -0.39 is 29.4 Å². The molecule has 166 valence electrons. The Morgan fingerprint density at radius 1 is 0.875 bits per heavy atom. The lowest BCUT2D eigenvalue weighted by Gasteiger charge is -2.14. The van der Waals surface area contributed by atoms with Crippen LogP contribution < -0.4 is 4.74 Å². The van der Waals surface area contributed by atoms with Crippen LogP contribution in [0.3, 0.4) is 0 Å². The molecule has 2 aromatic rings. The Bertz CT molecular complexity index is 1000. The summed E-state index contributed by atoms with van der Waals surface area (Å²) in [4.78, 5) is 49.4. The van der Waals surface area contributed by atoms with E-state index in [1.54, 1.807) is 13.8 Å². The maximum atomic E-state index is 12.9. The second-order valence-corrected chi connectivity index (χ2v) is 6.60. The summed E-state index contributed by atoms with van der Waals surface area (Å²) in [7, 11) is 0. The molecule has 0 spiro atoms. The normalized spacial score (nSPS) is 11.0. The van der Waals surface area contributed by atoms with Crippen molar-refractivity contribution >= 4 is 23.5 Å². The van der Waals surface area contributed by atoms with Gasteiger partial charge >= 0.3 is 11.9 Å². The number of esters is 2. The molecule has 0 saturated heterocycles. The van der Waals surface area contributed by atoms with E-state index in [1.807, 2.05) is 6.07 Å². The van der Waals surface area contributed by atoms with Gasteiger partial charge in [0.1, 0.15) is 11.7 Å². The van der Waals surface area contributed by atoms with Crippen LogP contribution in [0.15, 0.2) is 48.5 Å². The fourth-order valence-corrected chi connectivity index (χ4v) is 2.82. The van der Waals surface area contributed by atoms with Gasteiger partial charge in [-0.15, -0.1) is 0 Å². The zero-order valence-electron chi connectivity index (χ0n) is 17.8. The van der Waals surface area contributed by atoms with Gasteiger partial charge in [0, 0.05) is 17.5 Å². The molecule has 0 aliphatic heterocycles. The lowest BCUT2D eigenvalue weighted by molar-refractivity contribution is -0.146. The monoisotopic (exact) mass is 437 g/mol. The zero-order valence-corrected chi connectivity index (χ0v) is 17.8. The topological polar surface area (TPSA) is 120 Å². The molecule has 0 amide bonds. The fourth-order valence-electron chi connectivity index (χ4n) is 2.82. The molecule has 0 N–H and O–H groups in total. The zero-order chi connectivity index (χ0) is 23.5. The average Bonchev–Trinajstić information content (AvgIpc) is 2.81. The van der Waals surface area contributed by atoms with E-state index in [0.717, 1.165) is 0 Å². The van der Waals surface area contributed by atoms with Crippen LogP contribution in [0, 0.1) is 17.2 Å². The number of carbonyl (C=O) groups is 4. The Morgan fingerprint density at radius 2 is 1.47 bits per heavy atom. The van der Waals surface area contributed by atoms with E-state index >= 15 is 0 Å². The third-order valence-electron chi connectivity index (χ3n) is 4.41. The summed E-state index contributed by atoms with van der Waals surface area (Å²) in [6, 6.07) is 13.7. The summed E-state index contributed by atoms with van der Waals surface area (Å²) >= 11 is 0. The third kappa shape index (κ3) is 6.77. The molecule has 0 aliphatic rings. The number of nitrogens with zero attached hydrogens (tertiary/aromatic N) is 1. The fraction of sp³-hybridized carbons (Fsp3) is 0.292. The van der Waals surface area contributed by atoms with Crippen LogP contribution in [-0.4, -0.2) is 43.3 Å². The van der Waals surface area contributed by atoms with Gasteiger partial charge in [0.15, 0.2) is 18.2 Å². The van der Waals surface area contributed by atoms with Crippen LogP contribution in [-0.2, 0) is 19.1 Å². The number of hydrogen-bond donors (Lipinski definition) is 0. The molecule has 0 aromatic heterocycles.